The van der Waals surface area contributed by atoms with Crippen molar-refractivity contribution in [3.63, 3.8) is 0 Å². The van der Waals surface area contributed by atoms with E-state index >= 15 is 0 Å². The Morgan fingerprint density at radius 3 is 2.89 bits per heavy atom. The van der Waals surface area contributed by atoms with Gasteiger partial charge >= 0.3 is 0 Å². The molecular weight excluding hydrogens is 294 g/mol. The summed E-state index contributed by atoms with van der Waals surface area (Å²) < 4.78 is 0.962. The number of nitrogens with zero attached hydrogens (tertiary/aromatic N) is 2. The third-order valence-corrected chi connectivity index (χ3v) is 4.60. The third-order valence-electron chi connectivity index (χ3n) is 3.65. The summed E-state index contributed by atoms with van der Waals surface area (Å²) in [4.78, 5) is 6.64. The number of aromatic nitrogens is 1. The normalized spacial score (nSPS) is 25.0. The summed E-state index contributed by atoms with van der Waals surface area (Å²) in [5, 5.41) is 10.1. The first kappa shape index (κ1) is 13.6. The zero-order valence-electron chi connectivity index (χ0n) is 10.9. The molecule has 1 atom stereocenters. The second-order valence-electron chi connectivity index (χ2n) is 5.31. The lowest BCUT2D eigenvalue weighted by atomic mass is 9.98. The van der Waals surface area contributed by atoms with E-state index in [0.29, 0.717) is 5.69 Å². The van der Waals surface area contributed by atoms with Crippen LogP contribution in [0.2, 0.25) is 0 Å². The fourth-order valence-electron chi connectivity index (χ4n) is 2.27. The van der Waals surface area contributed by atoms with E-state index in [0.717, 1.165) is 48.2 Å². The number of anilines is 2. The van der Waals surface area contributed by atoms with Crippen molar-refractivity contribution in [2.24, 2.45) is 0 Å². The number of hydrogen-bond donors (Lipinski definition) is 2. The van der Waals surface area contributed by atoms with E-state index in [1.54, 1.807) is 6.20 Å². The molecule has 1 saturated heterocycles. The molecule has 100 valence electrons. The summed E-state index contributed by atoms with van der Waals surface area (Å²) in [6.45, 7) is 5.64. The Hall–Kier alpha value is -0.810. The lowest BCUT2D eigenvalue weighted by Gasteiger charge is -2.25. The Morgan fingerprint density at radius 1 is 1.44 bits per heavy atom. The van der Waals surface area contributed by atoms with E-state index in [1.807, 2.05) is 13.8 Å². The van der Waals surface area contributed by atoms with Gasteiger partial charge in [-0.25, -0.2) is 4.98 Å². The van der Waals surface area contributed by atoms with Crippen LogP contribution < -0.4 is 10.6 Å². The van der Waals surface area contributed by atoms with Gasteiger partial charge in [0.25, 0.3) is 0 Å². The smallest absolute Gasteiger partial charge is 0.143 e. The Morgan fingerprint density at radius 2 is 2.17 bits per heavy atom. The van der Waals surface area contributed by atoms with Crippen LogP contribution >= 0.6 is 15.9 Å². The molecule has 0 amide bonds. The summed E-state index contributed by atoms with van der Waals surface area (Å²) in [7, 11) is 0. The molecule has 2 heterocycles. The Balaban J connectivity index is 2.24. The zero-order chi connectivity index (χ0) is 13.3. The Kier molecular flexibility index (Phi) is 3.82. The lowest BCUT2D eigenvalue weighted by molar-refractivity contribution is 0.0481. The third kappa shape index (κ3) is 2.78. The Labute approximate surface area is 116 Å². The average Bonchev–Trinajstić information content (AvgIpc) is 2.48. The van der Waals surface area contributed by atoms with E-state index in [9.17, 15) is 5.11 Å². The predicted octanol–water partition coefficient (Wildman–Crippen LogP) is 2.48. The van der Waals surface area contributed by atoms with Gasteiger partial charge in [0.05, 0.1) is 22.0 Å². The molecule has 0 bridgehead atoms. The van der Waals surface area contributed by atoms with Crippen LogP contribution in [-0.2, 0) is 0 Å². The van der Waals surface area contributed by atoms with Crippen LogP contribution in [0, 0.1) is 6.92 Å². The molecule has 1 aliphatic rings. The van der Waals surface area contributed by atoms with Gasteiger partial charge in [-0.1, -0.05) is 0 Å². The van der Waals surface area contributed by atoms with Gasteiger partial charge < -0.3 is 15.7 Å². The highest BCUT2D eigenvalue weighted by Crippen LogP contribution is 2.32. The van der Waals surface area contributed by atoms with Crippen molar-refractivity contribution in [3.05, 3.63) is 16.2 Å². The van der Waals surface area contributed by atoms with Gasteiger partial charge in [0.2, 0.25) is 0 Å². The van der Waals surface area contributed by atoms with E-state index in [-0.39, 0.29) is 0 Å². The molecule has 1 aromatic heterocycles. The van der Waals surface area contributed by atoms with Crippen LogP contribution in [0.3, 0.4) is 0 Å². The molecule has 1 aromatic rings. The first-order valence-corrected chi connectivity index (χ1v) is 7.08. The molecular formula is C13H20BrN3O. The number of nitrogen functional groups attached to an aromatic ring is 1. The topological polar surface area (TPSA) is 62.4 Å². The maximum atomic E-state index is 10.1. The molecule has 5 heteroatoms. The van der Waals surface area contributed by atoms with E-state index in [4.69, 9.17) is 5.73 Å². The molecule has 0 aliphatic carbocycles. The summed E-state index contributed by atoms with van der Waals surface area (Å²) in [6, 6.07) is 0. The lowest BCUT2D eigenvalue weighted by Crippen LogP contribution is -2.29. The SMILES string of the molecule is Cc1c(N)cnc(N2CCCC(C)(O)CC2)c1Br. The molecule has 0 saturated carbocycles. The largest absolute Gasteiger partial charge is 0.397 e. The first-order valence-electron chi connectivity index (χ1n) is 6.28. The van der Waals surface area contributed by atoms with Gasteiger partial charge in [0, 0.05) is 13.1 Å². The molecule has 1 unspecified atom stereocenters. The van der Waals surface area contributed by atoms with Crippen LogP contribution in [0.15, 0.2) is 10.7 Å². The van der Waals surface area contributed by atoms with Gasteiger partial charge in [0.15, 0.2) is 0 Å². The van der Waals surface area contributed by atoms with Crippen molar-refractivity contribution in [2.75, 3.05) is 23.7 Å². The average molecular weight is 314 g/mol. The highest BCUT2D eigenvalue weighted by atomic mass is 79.9. The molecule has 1 aliphatic heterocycles. The summed E-state index contributed by atoms with van der Waals surface area (Å²) in [5.74, 6) is 0.930. The van der Waals surface area contributed by atoms with E-state index in [2.05, 4.69) is 25.8 Å². The van der Waals surface area contributed by atoms with Crippen LogP contribution in [0.5, 0.6) is 0 Å². The molecule has 0 spiro atoms. The summed E-state index contributed by atoms with van der Waals surface area (Å²) in [6.07, 6.45) is 4.29. The monoisotopic (exact) mass is 313 g/mol. The Bertz CT molecular complexity index is 448. The van der Waals surface area contributed by atoms with Crippen LogP contribution in [0.1, 0.15) is 31.7 Å². The van der Waals surface area contributed by atoms with Crippen molar-refractivity contribution >= 4 is 27.4 Å². The molecule has 0 radical (unpaired) electrons. The maximum Gasteiger partial charge on any atom is 0.143 e. The standard InChI is InChI=1S/C13H20BrN3O/c1-9-10(15)8-16-12(11(9)14)17-6-3-4-13(2,18)5-7-17/h8,18H,3-7,15H2,1-2H3. The molecule has 1 fully saturated rings. The summed E-state index contributed by atoms with van der Waals surface area (Å²) >= 11 is 3.57. The second kappa shape index (κ2) is 5.05. The molecule has 4 nitrogen and oxygen atoms in total. The summed E-state index contributed by atoms with van der Waals surface area (Å²) in [5.41, 5.74) is 7.02. The molecule has 2 rings (SSSR count). The van der Waals surface area contributed by atoms with Gasteiger partial charge in [-0.05, 0) is 54.6 Å². The number of halogens is 1. The quantitative estimate of drug-likeness (QED) is 0.836. The minimum absolute atomic E-state index is 0.552. The minimum Gasteiger partial charge on any atom is -0.397 e. The van der Waals surface area contributed by atoms with Gasteiger partial charge in [-0.15, -0.1) is 0 Å². The molecule has 0 aromatic carbocycles. The number of hydrogen-bond acceptors (Lipinski definition) is 4. The highest BCUT2D eigenvalue weighted by molar-refractivity contribution is 9.10. The highest BCUT2D eigenvalue weighted by Gasteiger charge is 2.26. The van der Waals surface area contributed by atoms with Crippen LogP contribution in [-0.4, -0.2) is 28.8 Å². The van der Waals surface area contributed by atoms with Crippen molar-refractivity contribution in [2.45, 2.75) is 38.7 Å². The van der Waals surface area contributed by atoms with E-state index < -0.39 is 5.60 Å². The van der Waals surface area contributed by atoms with E-state index in [1.165, 1.54) is 0 Å². The first-order chi connectivity index (χ1) is 8.41. The van der Waals surface area contributed by atoms with Crippen molar-refractivity contribution in [1.29, 1.82) is 0 Å². The number of nitrogens with two attached hydrogens (primary N) is 1. The van der Waals surface area contributed by atoms with Gasteiger partial charge in [-0.2, -0.15) is 0 Å². The van der Waals surface area contributed by atoms with Gasteiger partial charge in [0.1, 0.15) is 5.82 Å². The van der Waals surface area contributed by atoms with Crippen LogP contribution in [0.25, 0.3) is 0 Å². The fraction of sp³-hybridized carbons (Fsp3) is 0.615. The second-order valence-corrected chi connectivity index (χ2v) is 6.11. The maximum absolute atomic E-state index is 10.1. The number of pyridine rings is 1. The number of aliphatic hydroxyl groups is 1. The minimum atomic E-state index is -0.552. The fourth-order valence-corrected chi connectivity index (χ4v) is 2.86. The van der Waals surface area contributed by atoms with Crippen molar-refractivity contribution in [1.82, 2.24) is 4.98 Å². The van der Waals surface area contributed by atoms with Gasteiger partial charge in [-0.3, -0.25) is 0 Å². The zero-order valence-corrected chi connectivity index (χ0v) is 12.5. The van der Waals surface area contributed by atoms with Crippen molar-refractivity contribution < 1.29 is 5.11 Å². The number of rotatable bonds is 1. The van der Waals surface area contributed by atoms with Crippen LogP contribution in [0.4, 0.5) is 11.5 Å². The molecule has 18 heavy (non-hydrogen) atoms. The molecule has 3 N–H and O–H groups in total. The van der Waals surface area contributed by atoms with Crippen molar-refractivity contribution in [3.8, 4) is 0 Å². The predicted molar refractivity (Wildman–Crippen MR) is 77.8 cm³/mol.